The van der Waals surface area contributed by atoms with Crippen LogP contribution in [0.4, 0.5) is 17.6 Å². The Morgan fingerprint density at radius 1 is 1.07 bits per heavy atom. The number of hydrogen-bond donors (Lipinski definition) is 2. The third kappa shape index (κ3) is 5.90. The van der Waals surface area contributed by atoms with Crippen LogP contribution in [0.5, 0.6) is 0 Å². The highest BCUT2D eigenvalue weighted by Crippen LogP contribution is 2.26. The van der Waals surface area contributed by atoms with Crippen molar-refractivity contribution in [3.05, 3.63) is 6.07 Å². The molecule has 2 N–H and O–H groups in total. The molecule has 0 aliphatic carbocycles. The van der Waals surface area contributed by atoms with Crippen molar-refractivity contribution in [1.29, 1.82) is 0 Å². The molecule has 0 atom stereocenters. The molecule has 0 saturated carbocycles. The molecule has 0 amide bonds. The fourth-order valence-electron chi connectivity index (χ4n) is 3.31. The number of nitrogens with one attached hydrogen (secondary N) is 2. The van der Waals surface area contributed by atoms with E-state index in [1.54, 1.807) is 0 Å². The molecular weight excluding hydrogens is 360 g/mol. The molecule has 0 aromatic carbocycles. The molecule has 7 nitrogen and oxygen atoms in total. The van der Waals surface area contributed by atoms with E-state index < -0.39 is 0 Å². The van der Waals surface area contributed by atoms with E-state index in [2.05, 4.69) is 54.2 Å². The summed E-state index contributed by atoms with van der Waals surface area (Å²) in [6.45, 7) is 13.8. The monoisotopic (exact) mass is 392 g/mol. The van der Waals surface area contributed by atoms with Crippen LogP contribution in [0.2, 0.25) is 0 Å². The number of aromatic nitrogens is 2. The van der Waals surface area contributed by atoms with Gasteiger partial charge in [0, 0.05) is 37.8 Å². The highest BCUT2D eigenvalue weighted by Gasteiger charge is 2.21. The third-order valence-electron chi connectivity index (χ3n) is 4.86. The summed E-state index contributed by atoms with van der Waals surface area (Å²) in [5.74, 6) is 3.24. The van der Waals surface area contributed by atoms with Crippen molar-refractivity contribution in [2.24, 2.45) is 5.92 Å². The Labute approximate surface area is 167 Å². The minimum atomic E-state index is -0.113. The Kier molecular flexibility index (Phi) is 6.37. The molecule has 0 radical (unpaired) electrons. The van der Waals surface area contributed by atoms with E-state index in [0.29, 0.717) is 11.1 Å². The third-order valence-corrected chi connectivity index (χ3v) is 5.06. The van der Waals surface area contributed by atoms with E-state index in [-0.39, 0.29) is 5.54 Å². The van der Waals surface area contributed by atoms with Gasteiger partial charge < -0.3 is 25.2 Å². The lowest BCUT2D eigenvalue weighted by Gasteiger charge is -2.33. The van der Waals surface area contributed by atoms with E-state index in [4.69, 9.17) is 26.9 Å². The summed E-state index contributed by atoms with van der Waals surface area (Å²) in [5.41, 5.74) is -0.113. The van der Waals surface area contributed by atoms with Gasteiger partial charge in [-0.25, -0.2) is 0 Å². The van der Waals surface area contributed by atoms with Gasteiger partial charge in [-0.2, -0.15) is 9.97 Å². The molecule has 150 valence electrons. The first kappa shape index (κ1) is 20.1. The zero-order chi connectivity index (χ0) is 19.4. The largest absolute Gasteiger partial charge is 0.378 e. The Bertz CT molecular complexity index is 648. The molecule has 27 heavy (non-hydrogen) atoms. The number of piperidine rings is 1. The quantitative estimate of drug-likeness (QED) is 0.761. The van der Waals surface area contributed by atoms with Crippen molar-refractivity contribution in [2.45, 2.75) is 46.1 Å². The predicted octanol–water partition coefficient (Wildman–Crippen LogP) is 2.63. The minimum Gasteiger partial charge on any atom is -0.378 e. The molecular formula is C19H32N6OS. The van der Waals surface area contributed by atoms with Crippen LogP contribution >= 0.6 is 12.2 Å². The van der Waals surface area contributed by atoms with Crippen LogP contribution in [0, 0.1) is 5.92 Å². The molecule has 2 saturated heterocycles. The lowest BCUT2D eigenvalue weighted by molar-refractivity contribution is 0.122. The van der Waals surface area contributed by atoms with Gasteiger partial charge in [-0.05, 0) is 51.7 Å². The van der Waals surface area contributed by atoms with Crippen molar-refractivity contribution < 1.29 is 4.74 Å². The topological polar surface area (TPSA) is 65.6 Å². The van der Waals surface area contributed by atoms with Crippen LogP contribution in [0.15, 0.2) is 6.07 Å². The number of ether oxygens (including phenoxy) is 1. The summed E-state index contributed by atoms with van der Waals surface area (Å²) in [5, 5.41) is 6.99. The smallest absolute Gasteiger partial charge is 0.232 e. The second-order valence-electron chi connectivity index (χ2n) is 8.51. The van der Waals surface area contributed by atoms with Crippen LogP contribution in [0.3, 0.4) is 0 Å². The summed E-state index contributed by atoms with van der Waals surface area (Å²) in [4.78, 5) is 14.1. The molecule has 3 heterocycles. The maximum atomic E-state index is 5.49. The van der Waals surface area contributed by atoms with E-state index in [0.717, 1.165) is 56.9 Å². The summed E-state index contributed by atoms with van der Waals surface area (Å²) >= 11 is 5.45. The average molecular weight is 393 g/mol. The zero-order valence-corrected chi connectivity index (χ0v) is 17.7. The maximum Gasteiger partial charge on any atom is 0.232 e. The highest BCUT2D eigenvalue weighted by atomic mass is 32.1. The van der Waals surface area contributed by atoms with Crippen LogP contribution in [0.25, 0.3) is 0 Å². The molecule has 8 heteroatoms. The van der Waals surface area contributed by atoms with Gasteiger partial charge in [-0.15, -0.1) is 0 Å². The predicted molar refractivity (Wildman–Crippen MR) is 115 cm³/mol. The van der Waals surface area contributed by atoms with Crippen LogP contribution in [-0.2, 0) is 4.74 Å². The van der Waals surface area contributed by atoms with Crippen LogP contribution < -0.4 is 20.4 Å². The SMILES string of the molecule is CC1CCN(c2cc(N3CCOCC3)nc(NC(=S)NC(C)(C)C)n2)CC1. The summed E-state index contributed by atoms with van der Waals surface area (Å²) in [7, 11) is 0. The first-order valence-corrected chi connectivity index (χ1v) is 10.3. The number of thiocarbonyl (C=S) groups is 1. The maximum absolute atomic E-state index is 5.49. The zero-order valence-electron chi connectivity index (χ0n) is 16.9. The van der Waals surface area contributed by atoms with E-state index in [1.165, 1.54) is 12.8 Å². The number of anilines is 3. The fourth-order valence-corrected chi connectivity index (χ4v) is 3.70. The van der Waals surface area contributed by atoms with E-state index in [1.807, 2.05) is 0 Å². The van der Waals surface area contributed by atoms with Gasteiger partial charge in [0.2, 0.25) is 5.95 Å². The highest BCUT2D eigenvalue weighted by molar-refractivity contribution is 7.80. The molecule has 0 spiro atoms. The number of hydrogen-bond acceptors (Lipinski definition) is 6. The van der Waals surface area contributed by atoms with Crippen LogP contribution in [0.1, 0.15) is 40.5 Å². The number of nitrogens with zero attached hydrogens (tertiary/aromatic N) is 4. The second-order valence-corrected chi connectivity index (χ2v) is 8.91. The van der Waals surface area contributed by atoms with Gasteiger partial charge in [0.15, 0.2) is 5.11 Å². The summed E-state index contributed by atoms with van der Waals surface area (Å²) in [6.07, 6.45) is 2.40. The molecule has 1 aromatic rings. The normalized spacial score (nSPS) is 19.1. The average Bonchev–Trinajstić information content (AvgIpc) is 2.61. The van der Waals surface area contributed by atoms with Gasteiger partial charge >= 0.3 is 0 Å². The summed E-state index contributed by atoms with van der Waals surface area (Å²) < 4.78 is 5.49. The first-order chi connectivity index (χ1) is 12.8. The molecule has 2 aliphatic rings. The van der Waals surface area contributed by atoms with Gasteiger partial charge in [-0.3, -0.25) is 0 Å². The molecule has 0 bridgehead atoms. The standard InChI is InChI=1S/C19H32N6OS/c1-14-5-7-24(8-6-14)15-13-16(25-9-11-26-12-10-25)21-17(20-15)22-18(27)23-19(2,3)4/h13-14H,5-12H2,1-4H3,(H2,20,21,22,23,27). The molecule has 2 aliphatic heterocycles. The molecule has 0 unspecified atom stereocenters. The van der Waals surface area contributed by atoms with E-state index in [9.17, 15) is 0 Å². The van der Waals surface area contributed by atoms with Gasteiger partial charge in [0.1, 0.15) is 11.6 Å². The first-order valence-electron chi connectivity index (χ1n) is 9.86. The lowest BCUT2D eigenvalue weighted by atomic mass is 9.99. The van der Waals surface area contributed by atoms with Crippen molar-refractivity contribution in [3.8, 4) is 0 Å². The number of morpholine rings is 1. The lowest BCUT2D eigenvalue weighted by Crippen LogP contribution is -2.43. The minimum absolute atomic E-state index is 0.113. The Hall–Kier alpha value is -1.67. The van der Waals surface area contributed by atoms with Crippen molar-refractivity contribution in [1.82, 2.24) is 15.3 Å². The summed E-state index contributed by atoms with van der Waals surface area (Å²) in [6, 6.07) is 2.10. The fraction of sp³-hybridized carbons (Fsp3) is 0.737. The van der Waals surface area contributed by atoms with Gasteiger partial charge in [0.05, 0.1) is 13.2 Å². The second kappa shape index (κ2) is 8.56. The Balaban J connectivity index is 1.82. The van der Waals surface area contributed by atoms with Crippen molar-refractivity contribution >= 4 is 34.9 Å². The molecule has 2 fully saturated rings. The molecule has 3 rings (SSSR count). The Morgan fingerprint density at radius 2 is 1.63 bits per heavy atom. The van der Waals surface area contributed by atoms with Gasteiger partial charge in [-0.1, -0.05) is 6.92 Å². The van der Waals surface area contributed by atoms with Gasteiger partial charge in [0.25, 0.3) is 0 Å². The number of rotatable bonds is 3. The molecule has 1 aromatic heterocycles. The Morgan fingerprint density at radius 3 is 2.19 bits per heavy atom. The van der Waals surface area contributed by atoms with Crippen molar-refractivity contribution in [3.63, 3.8) is 0 Å². The van der Waals surface area contributed by atoms with Crippen molar-refractivity contribution in [2.75, 3.05) is 54.5 Å². The van der Waals surface area contributed by atoms with E-state index >= 15 is 0 Å². The van der Waals surface area contributed by atoms with Crippen LogP contribution in [-0.4, -0.2) is 60.0 Å².